The molecule has 0 aliphatic carbocycles. The van der Waals surface area contributed by atoms with Gasteiger partial charge in [-0.15, -0.1) is 11.3 Å². The molecular weight excluding hydrogens is 312 g/mol. The van der Waals surface area contributed by atoms with Gasteiger partial charge in [0, 0.05) is 13.1 Å². The molecule has 23 heavy (non-hydrogen) atoms. The number of amides is 1. The molecule has 1 spiro atoms. The molecule has 2 unspecified atom stereocenters. The molecule has 1 amide bonds. The molecule has 128 valence electrons. The van der Waals surface area contributed by atoms with E-state index in [1.807, 2.05) is 23.3 Å². The van der Waals surface area contributed by atoms with E-state index in [1.54, 1.807) is 0 Å². The summed E-state index contributed by atoms with van der Waals surface area (Å²) in [5.41, 5.74) is 0.717. The molecule has 2 saturated heterocycles. The zero-order chi connectivity index (χ0) is 16.4. The summed E-state index contributed by atoms with van der Waals surface area (Å²) < 4.78 is 12.1. The SMILES string of the molecule is Cc1ccsc1C(=O)N1CCOCC2(CCC(CN(C)C)O2)C1. The maximum absolute atomic E-state index is 12.9. The number of likely N-dealkylation sites (N-methyl/N-ethyl adjacent to an activating group) is 1. The normalized spacial score (nSPS) is 28.5. The molecule has 0 N–H and O–H groups in total. The van der Waals surface area contributed by atoms with E-state index in [-0.39, 0.29) is 17.6 Å². The Morgan fingerprint density at radius 2 is 2.35 bits per heavy atom. The van der Waals surface area contributed by atoms with Crippen molar-refractivity contribution in [2.24, 2.45) is 0 Å². The highest BCUT2D eigenvalue weighted by atomic mass is 32.1. The Balaban J connectivity index is 1.72. The van der Waals surface area contributed by atoms with Crippen LogP contribution in [0.2, 0.25) is 0 Å². The van der Waals surface area contributed by atoms with Crippen molar-refractivity contribution in [3.8, 4) is 0 Å². The molecule has 2 fully saturated rings. The number of carbonyl (C=O) groups is 1. The van der Waals surface area contributed by atoms with Crippen molar-refractivity contribution in [2.45, 2.75) is 31.5 Å². The first-order valence-electron chi connectivity index (χ1n) is 8.23. The third-order valence-electron chi connectivity index (χ3n) is 4.60. The number of rotatable bonds is 3. The first-order valence-corrected chi connectivity index (χ1v) is 9.11. The van der Waals surface area contributed by atoms with Gasteiger partial charge < -0.3 is 19.3 Å². The van der Waals surface area contributed by atoms with E-state index >= 15 is 0 Å². The monoisotopic (exact) mass is 338 g/mol. The van der Waals surface area contributed by atoms with Gasteiger partial charge in [-0.05, 0) is 50.9 Å². The standard InChI is InChI=1S/C17H26N2O3S/c1-13-5-9-23-15(13)16(20)19-7-8-21-12-17(11-19)6-4-14(22-17)10-18(2)3/h5,9,14H,4,6-8,10-12H2,1-3H3. The molecule has 0 bridgehead atoms. The van der Waals surface area contributed by atoms with Crippen LogP contribution < -0.4 is 0 Å². The summed E-state index contributed by atoms with van der Waals surface area (Å²) in [7, 11) is 4.13. The smallest absolute Gasteiger partial charge is 0.264 e. The molecule has 2 atom stereocenters. The van der Waals surface area contributed by atoms with E-state index in [4.69, 9.17) is 9.47 Å². The second kappa shape index (κ2) is 6.89. The van der Waals surface area contributed by atoms with Gasteiger partial charge in [-0.2, -0.15) is 0 Å². The van der Waals surface area contributed by atoms with Gasteiger partial charge in [-0.3, -0.25) is 4.79 Å². The maximum Gasteiger partial charge on any atom is 0.264 e. The molecule has 1 aromatic heterocycles. The summed E-state index contributed by atoms with van der Waals surface area (Å²) in [6, 6.07) is 2.00. The van der Waals surface area contributed by atoms with E-state index in [0.717, 1.165) is 29.8 Å². The van der Waals surface area contributed by atoms with Crippen LogP contribution in [0.25, 0.3) is 0 Å². The van der Waals surface area contributed by atoms with Crippen molar-refractivity contribution in [1.82, 2.24) is 9.80 Å². The highest BCUT2D eigenvalue weighted by molar-refractivity contribution is 7.12. The van der Waals surface area contributed by atoms with Crippen molar-refractivity contribution in [3.63, 3.8) is 0 Å². The summed E-state index contributed by atoms with van der Waals surface area (Å²) >= 11 is 1.52. The Morgan fingerprint density at radius 1 is 1.52 bits per heavy atom. The van der Waals surface area contributed by atoms with E-state index in [9.17, 15) is 4.79 Å². The highest BCUT2D eigenvalue weighted by Crippen LogP contribution is 2.34. The van der Waals surface area contributed by atoms with Crippen LogP contribution in [0.15, 0.2) is 11.4 Å². The summed E-state index contributed by atoms with van der Waals surface area (Å²) in [4.78, 5) is 17.8. The van der Waals surface area contributed by atoms with Crippen molar-refractivity contribution in [1.29, 1.82) is 0 Å². The van der Waals surface area contributed by atoms with Crippen LogP contribution in [-0.4, -0.2) is 74.4 Å². The third kappa shape index (κ3) is 3.76. The lowest BCUT2D eigenvalue weighted by molar-refractivity contribution is -0.0878. The van der Waals surface area contributed by atoms with Crippen molar-refractivity contribution >= 4 is 17.2 Å². The predicted molar refractivity (Wildman–Crippen MR) is 91.2 cm³/mol. The molecule has 0 radical (unpaired) electrons. The van der Waals surface area contributed by atoms with Crippen LogP contribution in [-0.2, 0) is 9.47 Å². The second-order valence-corrected chi connectivity index (χ2v) is 7.85. The van der Waals surface area contributed by atoms with Gasteiger partial charge in [0.2, 0.25) is 0 Å². The minimum absolute atomic E-state index is 0.113. The van der Waals surface area contributed by atoms with Crippen LogP contribution in [0.3, 0.4) is 0 Å². The number of thiophene rings is 1. The Kier molecular flexibility index (Phi) is 5.06. The number of aryl methyl sites for hydroxylation is 1. The zero-order valence-corrected chi connectivity index (χ0v) is 15.0. The van der Waals surface area contributed by atoms with Gasteiger partial charge in [0.15, 0.2) is 0 Å². The van der Waals surface area contributed by atoms with Crippen LogP contribution in [0, 0.1) is 6.92 Å². The van der Waals surface area contributed by atoms with Gasteiger partial charge in [0.25, 0.3) is 5.91 Å². The molecule has 5 nitrogen and oxygen atoms in total. The average molecular weight is 338 g/mol. The first kappa shape index (κ1) is 16.9. The number of nitrogens with zero attached hydrogens (tertiary/aromatic N) is 2. The predicted octanol–water partition coefficient (Wildman–Crippen LogP) is 2.01. The lowest BCUT2D eigenvalue weighted by Gasteiger charge is -2.32. The largest absolute Gasteiger partial charge is 0.377 e. The minimum Gasteiger partial charge on any atom is -0.377 e. The fourth-order valence-electron chi connectivity index (χ4n) is 3.47. The van der Waals surface area contributed by atoms with Crippen molar-refractivity contribution in [2.75, 3.05) is 46.9 Å². The molecule has 3 heterocycles. The van der Waals surface area contributed by atoms with E-state index in [2.05, 4.69) is 19.0 Å². The summed E-state index contributed by atoms with van der Waals surface area (Å²) in [5.74, 6) is 0.113. The quantitative estimate of drug-likeness (QED) is 0.845. The van der Waals surface area contributed by atoms with Crippen LogP contribution in [0.5, 0.6) is 0 Å². The molecule has 2 aliphatic rings. The minimum atomic E-state index is -0.335. The Hall–Kier alpha value is -0.950. The van der Waals surface area contributed by atoms with Crippen molar-refractivity contribution < 1.29 is 14.3 Å². The van der Waals surface area contributed by atoms with Crippen LogP contribution >= 0.6 is 11.3 Å². The second-order valence-electron chi connectivity index (χ2n) is 6.94. The van der Waals surface area contributed by atoms with Gasteiger partial charge in [-0.1, -0.05) is 0 Å². The average Bonchev–Trinajstić information content (AvgIpc) is 3.01. The molecule has 6 heteroatoms. The zero-order valence-electron chi connectivity index (χ0n) is 14.2. The van der Waals surface area contributed by atoms with E-state index < -0.39 is 0 Å². The number of carbonyl (C=O) groups excluding carboxylic acids is 1. The molecule has 1 aromatic rings. The van der Waals surface area contributed by atoms with E-state index in [0.29, 0.717) is 26.3 Å². The summed E-state index contributed by atoms with van der Waals surface area (Å²) in [5, 5.41) is 1.98. The molecule has 3 rings (SSSR count). The number of ether oxygens (including phenoxy) is 2. The molecule has 0 saturated carbocycles. The van der Waals surface area contributed by atoms with Gasteiger partial charge >= 0.3 is 0 Å². The fraction of sp³-hybridized carbons (Fsp3) is 0.706. The lowest BCUT2D eigenvalue weighted by atomic mass is 10.00. The molecule has 0 aromatic carbocycles. The van der Waals surface area contributed by atoms with Gasteiger partial charge in [-0.25, -0.2) is 0 Å². The van der Waals surface area contributed by atoms with Gasteiger partial charge in [0.05, 0.1) is 30.7 Å². The van der Waals surface area contributed by atoms with Crippen LogP contribution in [0.1, 0.15) is 28.1 Å². The molecular formula is C17H26N2O3S. The third-order valence-corrected chi connectivity index (χ3v) is 5.61. The fourth-order valence-corrected chi connectivity index (χ4v) is 4.36. The van der Waals surface area contributed by atoms with Gasteiger partial charge in [0.1, 0.15) is 5.60 Å². The maximum atomic E-state index is 12.9. The Morgan fingerprint density at radius 3 is 3.04 bits per heavy atom. The molecule has 2 aliphatic heterocycles. The Labute approximate surface area is 142 Å². The van der Waals surface area contributed by atoms with Crippen LogP contribution in [0.4, 0.5) is 0 Å². The summed E-state index contributed by atoms with van der Waals surface area (Å²) in [6.45, 7) is 5.35. The number of hydrogen-bond donors (Lipinski definition) is 0. The van der Waals surface area contributed by atoms with E-state index in [1.165, 1.54) is 11.3 Å². The number of hydrogen-bond acceptors (Lipinski definition) is 5. The highest BCUT2D eigenvalue weighted by Gasteiger charge is 2.44. The Bertz CT molecular complexity index is 560. The summed E-state index contributed by atoms with van der Waals surface area (Å²) in [6.07, 6.45) is 2.22. The topological polar surface area (TPSA) is 42.0 Å². The van der Waals surface area contributed by atoms with Crippen molar-refractivity contribution in [3.05, 3.63) is 21.9 Å². The lowest BCUT2D eigenvalue weighted by Crippen LogP contribution is -2.47. The first-order chi connectivity index (χ1) is 11.0.